The minimum absolute atomic E-state index is 0.0280. The van der Waals surface area contributed by atoms with Gasteiger partial charge in [0.25, 0.3) is 0 Å². The number of β-amino-alcohol motifs (C(OH)–C–C–N with tert-alkyl or cyclic N) is 1. The van der Waals surface area contributed by atoms with E-state index >= 15 is 0 Å². The molecule has 1 aliphatic heterocycles. The number of ether oxygens (including phenoxy) is 1. The molecule has 2 unspecified atom stereocenters. The Morgan fingerprint density at radius 1 is 1.26 bits per heavy atom. The number of aromatic nitrogens is 1. The van der Waals surface area contributed by atoms with Gasteiger partial charge >= 0.3 is 12.4 Å². The van der Waals surface area contributed by atoms with E-state index in [1.165, 1.54) is 11.0 Å². The van der Waals surface area contributed by atoms with Crippen LogP contribution in [0.2, 0.25) is 0 Å². The lowest BCUT2D eigenvalue weighted by molar-refractivity contribution is -0.211. The SMILES string of the molecule is OC(CN1CCOC(c2ccc(C(F)(F)F)nc2)C1)C(F)(F)F. The molecule has 2 heterocycles. The summed E-state index contributed by atoms with van der Waals surface area (Å²) in [5, 5.41) is 9.08. The van der Waals surface area contributed by atoms with Crippen LogP contribution in [0.1, 0.15) is 17.4 Å². The minimum Gasteiger partial charge on any atom is -0.382 e. The number of rotatable bonds is 3. The van der Waals surface area contributed by atoms with Crippen molar-refractivity contribution in [1.29, 1.82) is 0 Å². The maximum atomic E-state index is 12.4. The van der Waals surface area contributed by atoms with Crippen LogP contribution < -0.4 is 0 Å². The molecule has 130 valence electrons. The van der Waals surface area contributed by atoms with Crippen molar-refractivity contribution < 1.29 is 36.2 Å². The van der Waals surface area contributed by atoms with Gasteiger partial charge in [-0.15, -0.1) is 0 Å². The molecule has 23 heavy (non-hydrogen) atoms. The third-order valence-electron chi connectivity index (χ3n) is 3.41. The largest absolute Gasteiger partial charge is 0.433 e. The van der Waals surface area contributed by atoms with Crippen molar-refractivity contribution in [2.24, 2.45) is 0 Å². The fourth-order valence-corrected chi connectivity index (χ4v) is 2.18. The van der Waals surface area contributed by atoms with Crippen LogP contribution in [0.5, 0.6) is 0 Å². The van der Waals surface area contributed by atoms with Crippen LogP contribution in [0.25, 0.3) is 0 Å². The van der Waals surface area contributed by atoms with Gasteiger partial charge in [0.05, 0.1) is 12.7 Å². The Labute approximate surface area is 127 Å². The summed E-state index contributed by atoms with van der Waals surface area (Å²) in [6, 6.07) is 1.98. The van der Waals surface area contributed by atoms with Gasteiger partial charge in [0.1, 0.15) is 5.69 Å². The van der Waals surface area contributed by atoms with Crippen molar-refractivity contribution in [1.82, 2.24) is 9.88 Å². The summed E-state index contributed by atoms with van der Waals surface area (Å²) in [7, 11) is 0. The molecule has 0 amide bonds. The van der Waals surface area contributed by atoms with Gasteiger partial charge in [-0.2, -0.15) is 26.3 Å². The second-order valence-corrected chi connectivity index (χ2v) is 5.15. The molecule has 2 rings (SSSR count). The Bertz CT molecular complexity index is 517. The maximum Gasteiger partial charge on any atom is 0.433 e. The quantitative estimate of drug-likeness (QED) is 0.856. The zero-order valence-corrected chi connectivity index (χ0v) is 11.7. The first-order valence-electron chi connectivity index (χ1n) is 6.69. The summed E-state index contributed by atoms with van der Waals surface area (Å²) in [6.45, 7) is -0.286. The number of alkyl halides is 6. The number of morpholine rings is 1. The van der Waals surface area contributed by atoms with Gasteiger partial charge in [0.15, 0.2) is 6.10 Å². The average molecular weight is 344 g/mol. The molecule has 0 bridgehead atoms. The molecular formula is C13H14F6N2O2. The Hall–Kier alpha value is -1.39. The van der Waals surface area contributed by atoms with E-state index in [1.807, 2.05) is 0 Å². The molecule has 1 aromatic heterocycles. The van der Waals surface area contributed by atoms with Crippen molar-refractivity contribution in [2.75, 3.05) is 26.2 Å². The molecule has 1 aliphatic rings. The average Bonchev–Trinajstić information content (AvgIpc) is 2.46. The number of hydrogen-bond donors (Lipinski definition) is 1. The van der Waals surface area contributed by atoms with E-state index in [2.05, 4.69) is 4.98 Å². The van der Waals surface area contributed by atoms with Crippen molar-refractivity contribution >= 4 is 0 Å². The highest BCUT2D eigenvalue weighted by molar-refractivity contribution is 5.19. The number of aliphatic hydroxyl groups excluding tert-OH is 1. The van der Waals surface area contributed by atoms with E-state index in [1.54, 1.807) is 0 Å². The van der Waals surface area contributed by atoms with E-state index in [0.717, 1.165) is 12.3 Å². The smallest absolute Gasteiger partial charge is 0.382 e. The van der Waals surface area contributed by atoms with Gasteiger partial charge in [-0.05, 0) is 6.07 Å². The van der Waals surface area contributed by atoms with E-state index in [9.17, 15) is 26.3 Å². The van der Waals surface area contributed by atoms with Crippen LogP contribution in [0, 0.1) is 0 Å². The molecule has 0 radical (unpaired) electrons. The van der Waals surface area contributed by atoms with Crippen molar-refractivity contribution in [3.05, 3.63) is 29.6 Å². The van der Waals surface area contributed by atoms with E-state index < -0.39 is 36.8 Å². The summed E-state index contributed by atoms with van der Waals surface area (Å²) in [5.74, 6) is 0. The molecule has 0 aromatic carbocycles. The van der Waals surface area contributed by atoms with Crippen molar-refractivity contribution in [2.45, 2.75) is 24.6 Å². The molecule has 0 saturated carbocycles. The molecular weight excluding hydrogens is 330 g/mol. The van der Waals surface area contributed by atoms with Gasteiger partial charge in [-0.1, -0.05) is 6.07 Å². The maximum absolute atomic E-state index is 12.4. The third-order valence-corrected chi connectivity index (χ3v) is 3.41. The number of hydrogen-bond acceptors (Lipinski definition) is 4. The van der Waals surface area contributed by atoms with Crippen molar-refractivity contribution in [3.63, 3.8) is 0 Å². The Morgan fingerprint density at radius 2 is 1.96 bits per heavy atom. The number of halogens is 6. The van der Waals surface area contributed by atoms with Crippen LogP contribution in [0.4, 0.5) is 26.3 Å². The lowest BCUT2D eigenvalue weighted by atomic mass is 10.1. The predicted octanol–water partition coefficient (Wildman–Crippen LogP) is 2.40. The lowest BCUT2D eigenvalue weighted by Crippen LogP contribution is -2.46. The molecule has 0 aliphatic carbocycles. The fourth-order valence-electron chi connectivity index (χ4n) is 2.18. The van der Waals surface area contributed by atoms with Gasteiger partial charge in [0.2, 0.25) is 0 Å². The predicted molar refractivity (Wildman–Crippen MR) is 66.4 cm³/mol. The van der Waals surface area contributed by atoms with Crippen LogP contribution >= 0.6 is 0 Å². The fraction of sp³-hybridized carbons (Fsp3) is 0.615. The van der Waals surface area contributed by atoms with Gasteiger partial charge < -0.3 is 9.84 Å². The Balaban J connectivity index is 2.01. The normalized spacial score (nSPS) is 22.1. The first-order valence-corrected chi connectivity index (χ1v) is 6.69. The monoisotopic (exact) mass is 344 g/mol. The molecule has 4 nitrogen and oxygen atoms in total. The molecule has 1 saturated heterocycles. The first kappa shape index (κ1) is 18.0. The van der Waals surface area contributed by atoms with Crippen LogP contribution in [-0.2, 0) is 10.9 Å². The standard InChI is InChI=1S/C13H14F6N2O2/c14-12(15,16)10-2-1-8(5-20-10)9-6-21(3-4-23-9)7-11(22)13(17,18)19/h1-2,5,9,11,22H,3-4,6-7H2. The third kappa shape index (κ3) is 4.79. The topological polar surface area (TPSA) is 45.6 Å². The zero-order valence-electron chi connectivity index (χ0n) is 11.7. The number of pyridine rings is 1. The minimum atomic E-state index is -4.72. The molecule has 0 spiro atoms. The summed E-state index contributed by atoms with van der Waals surface area (Å²) in [4.78, 5) is 4.65. The highest BCUT2D eigenvalue weighted by atomic mass is 19.4. The molecule has 10 heteroatoms. The highest BCUT2D eigenvalue weighted by Crippen LogP contribution is 2.29. The first-order chi connectivity index (χ1) is 10.6. The van der Waals surface area contributed by atoms with Gasteiger partial charge in [-0.3, -0.25) is 9.88 Å². The van der Waals surface area contributed by atoms with Gasteiger partial charge in [-0.25, -0.2) is 0 Å². The summed E-state index contributed by atoms with van der Waals surface area (Å²) >= 11 is 0. The van der Waals surface area contributed by atoms with E-state index in [4.69, 9.17) is 9.84 Å². The molecule has 1 fully saturated rings. The van der Waals surface area contributed by atoms with Crippen LogP contribution in [0.15, 0.2) is 18.3 Å². The second-order valence-electron chi connectivity index (χ2n) is 5.15. The lowest BCUT2D eigenvalue weighted by Gasteiger charge is -2.34. The highest BCUT2D eigenvalue weighted by Gasteiger charge is 2.40. The van der Waals surface area contributed by atoms with Crippen molar-refractivity contribution in [3.8, 4) is 0 Å². The summed E-state index contributed by atoms with van der Waals surface area (Å²) in [5.41, 5.74) is -0.717. The summed E-state index contributed by atoms with van der Waals surface area (Å²) < 4.78 is 79.8. The number of nitrogens with zero attached hydrogens (tertiary/aromatic N) is 2. The van der Waals surface area contributed by atoms with E-state index in [-0.39, 0.29) is 19.7 Å². The van der Waals surface area contributed by atoms with E-state index in [0.29, 0.717) is 5.56 Å². The summed E-state index contributed by atoms with van der Waals surface area (Å²) in [6.07, 6.45) is -11.5. The van der Waals surface area contributed by atoms with Crippen LogP contribution in [0.3, 0.4) is 0 Å². The zero-order chi connectivity index (χ0) is 17.3. The molecule has 1 aromatic rings. The van der Waals surface area contributed by atoms with Crippen LogP contribution in [-0.4, -0.2) is 53.5 Å². The second kappa shape index (κ2) is 6.62. The Morgan fingerprint density at radius 3 is 2.48 bits per heavy atom. The van der Waals surface area contributed by atoms with Gasteiger partial charge in [0, 0.05) is 31.4 Å². The molecule has 2 atom stereocenters. The molecule has 1 N–H and O–H groups in total. The number of aliphatic hydroxyl groups is 1. The Kier molecular flexibility index (Phi) is 5.17.